The lowest BCUT2D eigenvalue weighted by Crippen LogP contribution is -2.40. The Hall–Kier alpha value is -1.06. The number of hydrogen-bond donors (Lipinski definition) is 1. The van der Waals surface area contributed by atoms with Crippen LogP contribution >= 0.6 is 0 Å². The minimum atomic E-state index is 0.0317. The van der Waals surface area contributed by atoms with Gasteiger partial charge in [-0.3, -0.25) is 9.59 Å². The van der Waals surface area contributed by atoms with Crippen molar-refractivity contribution in [3.05, 3.63) is 0 Å². The Balaban J connectivity index is 2.39. The van der Waals surface area contributed by atoms with E-state index in [2.05, 4.69) is 5.32 Å². The van der Waals surface area contributed by atoms with Crippen molar-refractivity contribution < 1.29 is 9.59 Å². The van der Waals surface area contributed by atoms with Crippen LogP contribution in [-0.2, 0) is 9.59 Å². The number of rotatable bonds is 5. The number of hydrogen-bond acceptors (Lipinski definition) is 2. The van der Waals surface area contributed by atoms with E-state index in [0.717, 1.165) is 12.8 Å². The molecule has 0 atom stereocenters. The summed E-state index contributed by atoms with van der Waals surface area (Å²) in [5, 5.41) is 2.85. The standard InChI is InChI=1S/C13H24N2O2/c1-10(2)14-13(17)8-9-15(11(3)16)12-6-4-5-7-12/h10,12H,4-9H2,1-3H3,(H,14,17). The van der Waals surface area contributed by atoms with Gasteiger partial charge >= 0.3 is 0 Å². The monoisotopic (exact) mass is 240 g/mol. The van der Waals surface area contributed by atoms with Gasteiger partial charge in [0, 0.05) is 32.0 Å². The van der Waals surface area contributed by atoms with Gasteiger partial charge in [-0.2, -0.15) is 0 Å². The Labute approximate surface area is 104 Å². The maximum Gasteiger partial charge on any atom is 0.221 e. The van der Waals surface area contributed by atoms with E-state index in [1.54, 1.807) is 6.92 Å². The molecule has 0 aromatic carbocycles. The van der Waals surface area contributed by atoms with Gasteiger partial charge in [0.05, 0.1) is 0 Å². The number of amides is 2. The number of carbonyl (C=O) groups is 2. The molecule has 0 heterocycles. The van der Waals surface area contributed by atoms with Crippen LogP contribution in [0.2, 0.25) is 0 Å². The molecule has 1 N–H and O–H groups in total. The first-order valence-corrected chi connectivity index (χ1v) is 6.57. The molecule has 0 aromatic heterocycles. The van der Waals surface area contributed by atoms with Crippen LogP contribution in [0.5, 0.6) is 0 Å². The molecule has 1 fully saturated rings. The first-order valence-electron chi connectivity index (χ1n) is 6.57. The zero-order valence-corrected chi connectivity index (χ0v) is 11.2. The van der Waals surface area contributed by atoms with Gasteiger partial charge in [-0.25, -0.2) is 0 Å². The molecule has 4 heteroatoms. The van der Waals surface area contributed by atoms with Crippen LogP contribution < -0.4 is 5.32 Å². The highest BCUT2D eigenvalue weighted by atomic mass is 16.2. The smallest absolute Gasteiger partial charge is 0.221 e. The van der Waals surface area contributed by atoms with Crippen molar-refractivity contribution in [2.75, 3.05) is 6.54 Å². The molecule has 0 aliphatic heterocycles. The summed E-state index contributed by atoms with van der Waals surface area (Å²) in [5.74, 6) is 0.124. The van der Waals surface area contributed by atoms with Gasteiger partial charge < -0.3 is 10.2 Å². The Bertz CT molecular complexity index is 271. The van der Waals surface area contributed by atoms with Gasteiger partial charge in [0.1, 0.15) is 0 Å². The first kappa shape index (κ1) is 14.0. The molecular weight excluding hydrogens is 216 g/mol. The minimum Gasteiger partial charge on any atom is -0.354 e. The third-order valence-electron chi connectivity index (χ3n) is 3.20. The van der Waals surface area contributed by atoms with Crippen LogP contribution in [-0.4, -0.2) is 35.3 Å². The fraction of sp³-hybridized carbons (Fsp3) is 0.846. The Morgan fingerprint density at radius 2 is 1.88 bits per heavy atom. The quantitative estimate of drug-likeness (QED) is 0.795. The predicted molar refractivity (Wildman–Crippen MR) is 67.5 cm³/mol. The molecule has 1 aliphatic carbocycles. The van der Waals surface area contributed by atoms with E-state index >= 15 is 0 Å². The summed E-state index contributed by atoms with van der Waals surface area (Å²) in [4.78, 5) is 25.0. The molecule has 1 rings (SSSR count). The van der Waals surface area contributed by atoms with Crippen LogP contribution in [0, 0.1) is 0 Å². The van der Waals surface area contributed by atoms with Crippen LogP contribution in [0.25, 0.3) is 0 Å². The Kier molecular flexibility index (Phi) is 5.45. The van der Waals surface area contributed by atoms with E-state index in [1.165, 1.54) is 12.8 Å². The second-order valence-electron chi connectivity index (χ2n) is 5.12. The summed E-state index contributed by atoms with van der Waals surface area (Å²) in [6.07, 6.45) is 4.99. The van der Waals surface area contributed by atoms with E-state index in [4.69, 9.17) is 0 Å². The molecule has 0 radical (unpaired) electrons. The van der Waals surface area contributed by atoms with Crippen molar-refractivity contribution in [1.29, 1.82) is 0 Å². The molecule has 0 unspecified atom stereocenters. The molecule has 17 heavy (non-hydrogen) atoms. The van der Waals surface area contributed by atoms with Crippen LogP contribution in [0.1, 0.15) is 52.9 Å². The van der Waals surface area contributed by atoms with E-state index < -0.39 is 0 Å². The summed E-state index contributed by atoms with van der Waals surface area (Å²) in [5.41, 5.74) is 0. The van der Waals surface area contributed by atoms with Crippen LogP contribution in [0.4, 0.5) is 0 Å². The zero-order chi connectivity index (χ0) is 12.8. The average molecular weight is 240 g/mol. The molecule has 0 aromatic rings. The summed E-state index contributed by atoms with van der Waals surface area (Å²) in [7, 11) is 0. The first-order chi connectivity index (χ1) is 8.00. The SMILES string of the molecule is CC(=O)N(CCC(=O)NC(C)C)C1CCCC1. The zero-order valence-electron chi connectivity index (χ0n) is 11.2. The molecule has 0 spiro atoms. The molecule has 2 amide bonds. The highest BCUT2D eigenvalue weighted by Crippen LogP contribution is 2.23. The van der Waals surface area contributed by atoms with E-state index in [-0.39, 0.29) is 17.9 Å². The fourth-order valence-electron chi connectivity index (χ4n) is 2.43. The van der Waals surface area contributed by atoms with Crippen molar-refractivity contribution in [2.45, 2.75) is 65.0 Å². The van der Waals surface area contributed by atoms with Crippen molar-refractivity contribution >= 4 is 11.8 Å². The fourth-order valence-corrected chi connectivity index (χ4v) is 2.43. The summed E-state index contributed by atoms with van der Waals surface area (Å²) in [6.45, 7) is 6.03. The summed E-state index contributed by atoms with van der Waals surface area (Å²) >= 11 is 0. The van der Waals surface area contributed by atoms with Crippen molar-refractivity contribution in [2.24, 2.45) is 0 Å². The van der Waals surface area contributed by atoms with Crippen molar-refractivity contribution in [3.8, 4) is 0 Å². The highest BCUT2D eigenvalue weighted by molar-refractivity contribution is 5.78. The van der Waals surface area contributed by atoms with Gasteiger partial charge in [-0.15, -0.1) is 0 Å². The Morgan fingerprint density at radius 1 is 1.29 bits per heavy atom. The molecule has 1 saturated carbocycles. The van der Waals surface area contributed by atoms with Gasteiger partial charge in [0.2, 0.25) is 11.8 Å². The predicted octanol–water partition coefficient (Wildman–Crippen LogP) is 1.69. The molecule has 4 nitrogen and oxygen atoms in total. The highest BCUT2D eigenvalue weighted by Gasteiger charge is 2.24. The van der Waals surface area contributed by atoms with Crippen molar-refractivity contribution in [1.82, 2.24) is 10.2 Å². The van der Waals surface area contributed by atoms with Gasteiger partial charge in [-0.1, -0.05) is 12.8 Å². The topological polar surface area (TPSA) is 49.4 Å². The average Bonchev–Trinajstić information content (AvgIpc) is 2.69. The Morgan fingerprint density at radius 3 is 2.35 bits per heavy atom. The summed E-state index contributed by atoms with van der Waals surface area (Å²) < 4.78 is 0. The lowest BCUT2D eigenvalue weighted by atomic mass is 10.2. The largest absolute Gasteiger partial charge is 0.354 e. The molecule has 0 saturated heterocycles. The second kappa shape index (κ2) is 6.62. The molecule has 0 bridgehead atoms. The van der Waals surface area contributed by atoms with E-state index in [1.807, 2.05) is 18.7 Å². The number of nitrogens with one attached hydrogen (secondary N) is 1. The van der Waals surface area contributed by atoms with Gasteiger partial charge in [0.25, 0.3) is 0 Å². The molecule has 1 aliphatic rings. The number of nitrogens with zero attached hydrogens (tertiary/aromatic N) is 1. The third-order valence-corrected chi connectivity index (χ3v) is 3.20. The van der Waals surface area contributed by atoms with E-state index in [0.29, 0.717) is 19.0 Å². The third kappa shape index (κ3) is 4.75. The maximum atomic E-state index is 11.6. The lowest BCUT2D eigenvalue weighted by molar-refractivity contribution is -0.131. The van der Waals surface area contributed by atoms with Gasteiger partial charge in [-0.05, 0) is 26.7 Å². The van der Waals surface area contributed by atoms with Gasteiger partial charge in [0.15, 0.2) is 0 Å². The summed E-state index contributed by atoms with van der Waals surface area (Å²) in [6, 6.07) is 0.527. The molecule has 98 valence electrons. The molecular formula is C13H24N2O2. The number of carbonyl (C=O) groups excluding carboxylic acids is 2. The normalized spacial score (nSPS) is 16.2. The lowest BCUT2D eigenvalue weighted by Gasteiger charge is -2.27. The maximum absolute atomic E-state index is 11.6. The second-order valence-corrected chi connectivity index (χ2v) is 5.12. The van der Waals surface area contributed by atoms with Crippen molar-refractivity contribution in [3.63, 3.8) is 0 Å². The minimum absolute atomic E-state index is 0.0317. The van der Waals surface area contributed by atoms with E-state index in [9.17, 15) is 9.59 Å². The van der Waals surface area contributed by atoms with Crippen LogP contribution in [0.3, 0.4) is 0 Å². The van der Waals surface area contributed by atoms with Crippen LogP contribution in [0.15, 0.2) is 0 Å².